The molecule has 17 heavy (non-hydrogen) atoms. The highest BCUT2D eigenvalue weighted by Gasteiger charge is 2.28. The molecule has 0 saturated heterocycles. The molecular weight excluding hydrogens is 232 g/mol. The zero-order valence-electron chi connectivity index (χ0n) is 10.6. The van der Waals surface area contributed by atoms with Crippen LogP contribution in [-0.2, 0) is 4.79 Å². The minimum absolute atomic E-state index is 0.301. The zero-order chi connectivity index (χ0) is 12.9. The Morgan fingerprint density at radius 2 is 2.12 bits per heavy atom. The van der Waals surface area contributed by atoms with Gasteiger partial charge in [0.2, 0.25) is 5.91 Å². The Balaban J connectivity index is 2.53. The van der Waals surface area contributed by atoms with Crippen molar-refractivity contribution in [2.45, 2.75) is 30.7 Å². The summed E-state index contributed by atoms with van der Waals surface area (Å²) < 4.78 is 0. The third-order valence-electron chi connectivity index (χ3n) is 3.05. The second-order valence-corrected chi connectivity index (χ2v) is 5.45. The van der Waals surface area contributed by atoms with Crippen molar-refractivity contribution in [2.75, 3.05) is 12.8 Å². The molecule has 0 aliphatic carbocycles. The minimum Gasteiger partial charge on any atom is -0.368 e. The molecule has 0 aromatic heterocycles. The molecule has 1 aromatic rings. The van der Waals surface area contributed by atoms with Crippen LogP contribution in [-0.4, -0.2) is 24.2 Å². The van der Waals surface area contributed by atoms with E-state index in [1.807, 2.05) is 19.1 Å². The first-order chi connectivity index (χ1) is 7.99. The van der Waals surface area contributed by atoms with E-state index in [0.717, 1.165) is 12.2 Å². The summed E-state index contributed by atoms with van der Waals surface area (Å²) in [6, 6.07) is 8.25. The first kappa shape index (κ1) is 14.1. The van der Waals surface area contributed by atoms with Gasteiger partial charge in [-0.25, -0.2) is 0 Å². The lowest BCUT2D eigenvalue weighted by molar-refractivity contribution is -0.123. The van der Waals surface area contributed by atoms with Crippen LogP contribution in [0.4, 0.5) is 0 Å². The van der Waals surface area contributed by atoms with E-state index in [9.17, 15) is 4.79 Å². The number of rotatable bonds is 6. The molecule has 1 rings (SSSR count). The molecule has 3 N–H and O–H groups in total. The average Bonchev–Trinajstić information content (AvgIpc) is 2.31. The van der Waals surface area contributed by atoms with Crippen molar-refractivity contribution in [2.24, 2.45) is 5.73 Å². The van der Waals surface area contributed by atoms with Crippen molar-refractivity contribution >= 4 is 17.7 Å². The van der Waals surface area contributed by atoms with Gasteiger partial charge in [0, 0.05) is 10.6 Å². The van der Waals surface area contributed by atoms with E-state index in [0.29, 0.717) is 0 Å². The zero-order valence-corrected chi connectivity index (χ0v) is 11.4. The maximum atomic E-state index is 11.3. The SMILES string of the molecule is CNC(C)(CCSc1ccccc1C)C(N)=O. The van der Waals surface area contributed by atoms with Crippen LogP contribution in [0.3, 0.4) is 0 Å². The first-order valence-corrected chi connectivity index (χ1v) is 6.65. The number of benzene rings is 1. The molecule has 3 nitrogen and oxygen atoms in total. The van der Waals surface area contributed by atoms with Crippen LogP contribution in [0.15, 0.2) is 29.2 Å². The maximum absolute atomic E-state index is 11.3. The molecule has 0 aliphatic heterocycles. The van der Waals surface area contributed by atoms with Gasteiger partial charge in [0.05, 0.1) is 5.54 Å². The van der Waals surface area contributed by atoms with Gasteiger partial charge in [-0.3, -0.25) is 4.79 Å². The predicted octanol–water partition coefficient (Wildman–Crippen LogP) is 1.94. The highest BCUT2D eigenvalue weighted by atomic mass is 32.2. The molecule has 0 saturated carbocycles. The lowest BCUT2D eigenvalue weighted by Crippen LogP contribution is -2.51. The van der Waals surface area contributed by atoms with E-state index in [1.165, 1.54) is 10.5 Å². The van der Waals surface area contributed by atoms with Gasteiger partial charge in [-0.15, -0.1) is 11.8 Å². The van der Waals surface area contributed by atoms with Gasteiger partial charge in [0.15, 0.2) is 0 Å². The molecule has 0 radical (unpaired) electrons. The van der Waals surface area contributed by atoms with Gasteiger partial charge in [-0.1, -0.05) is 18.2 Å². The molecule has 4 heteroatoms. The van der Waals surface area contributed by atoms with Gasteiger partial charge in [-0.2, -0.15) is 0 Å². The van der Waals surface area contributed by atoms with E-state index in [-0.39, 0.29) is 5.91 Å². The van der Waals surface area contributed by atoms with E-state index >= 15 is 0 Å². The first-order valence-electron chi connectivity index (χ1n) is 5.67. The maximum Gasteiger partial charge on any atom is 0.237 e. The summed E-state index contributed by atoms with van der Waals surface area (Å²) in [5.74, 6) is 0.566. The summed E-state index contributed by atoms with van der Waals surface area (Å²) in [7, 11) is 1.77. The fourth-order valence-corrected chi connectivity index (χ4v) is 2.66. The average molecular weight is 252 g/mol. The Kier molecular flexibility index (Phi) is 5.02. The number of thioether (sulfide) groups is 1. The lowest BCUT2D eigenvalue weighted by atomic mass is 9.99. The molecule has 0 aliphatic rings. The predicted molar refractivity (Wildman–Crippen MR) is 73.2 cm³/mol. The summed E-state index contributed by atoms with van der Waals surface area (Å²) in [6.45, 7) is 3.93. The number of primary amides is 1. The van der Waals surface area contributed by atoms with Crippen molar-refractivity contribution < 1.29 is 4.79 Å². The third-order valence-corrected chi connectivity index (χ3v) is 4.23. The number of nitrogens with one attached hydrogen (secondary N) is 1. The van der Waals surface area contributed by atoms with Gasteiger partial charge in [0.25, 0.3) is 0 Å². The fourth-order valence-electron chi connectivity index (χ4n) is 1.45. The van der Waals surface area contributed by atoms with Gasteiger partial charge in [-0.05, 0) is 38.9 Å². The largest absolute Gasteiger partial charge is 0.368 e. The van der Waals surface area contributed by atoms with Gasteiger partial charge >= 0.3 is 0 Å². The van der Waals surface area contributed by atoms with Crippen LogP contribution in [0.2, 0.25) is 0 Å². The quantitative estimate of drug-likeness (QED) is 0.761. The monoisotopic (exact) mass is 252 g/mol. The Morgan fingerprint density at radius 1 is 1.47 bits per heavy atom. The Bertz CT molecular complexity index is 395. The Hall–Kier alpha value is -1.00. The standard InChI is InChI=1S/C13H20N2OS/c1-10-6-4-5-7-11(10)17-9-8-13(2,15-3)12(14)16/h4-7,15H,8-9H2,1-3H3,(H2,14,16). The van der Waals surface area contributed by atoms with Crippen molar-refractivity contribution in [3.63, 3.8) is 0 Å². The number of nitrogens with two attached hydrogens (primary N) is 1. The number of hydrogen-bond donors (Lipinski definition) is 2. The number of aryl methyl sites for hydroxylation is 1. The lowest BCUT2D eigenvalue weighted by Gasteiger charge is -2.25. The summed E-state index contributed by atoms with van der Waals surface area (Å²) in [6.07, 6.45) is 0.720. The number of amides is 1. The van der Waals surface area contributed by atoms with E-state index in [4.69, 9.17) is 5.73 Å². The normalized spacial score (nSPS) is 14.3. The summed E-state index contributed by atoms with van der Waals surface area (Å²) in [5, 5.41) is 2.99. The second-order valence-electron chi connectivity index (χ2n) is 4.31. The van der Waals surface area contributed by atoms with Crippen LogP contribution in [0.25, 0.3) is 0 Å². The molecule has 0 heterocycles. The van der Waals surface area contributed by atoms with Crippen molar-refractivity contribution in [3.05, 3.63) is 29.8 Å². The molecule has 94 valence electrons. The molecule has 0 bridgehead atoms. The molecule has 0 spiro atoms. The highest BCUT2D eigenvalue weighted by molar-refractivity contribution is 7.99. The van der Waals surface area contributed by atoms with Crippen molar-refractivity contribution in [1.82, 2.24) is 5.32 Å². The molecule has 1 atom stereocenters. The van der Waals surface area contributed by atoms with Crippen LogP contribution in [0, 0.1) is 6.92 Å². The summed E-state index contributed by atoms with van der Waals surface area (Å²) in [5.41, 5.74) is 6.03. The topological polar surface area (TPSA) is 55.1 Å². The Morgan fingerprint density at radius 3 is 2.65 bits per heavy atom. The minimum atomic E-state index is -0.615. The third kappa shape index (κ3) is 3.75. The van der Waals surface area contributed by atoms with Crippen molar-refractivity contribution in [1.29, 1.82) is 0 Å². The number of likely N-dealkylation sites (N-methyl/N-ethyl adjacent to an activating group) is 1. The Labute approximate surface area is 107 Å². The smallest absolute Gasteiger partial charge is 0.237 e. The molecule has 1 amide bonds. The van der Waals surface area contributed by atoms with Gasteiger partial charge < -0.3 is 11.1 Å². The number of carbonyl (C=O) groups is 1. The van der Waals surface area contributed by atoms with E-state index in [2.05, 4.69) is 24.4 Å². The molecule has 0 fully saturated rings. The summed E-state index contributed by atoms with van der Waals surface area (Å²) >= 11 is 1.76. The second kappa shape index (κ2) is 6.07. The van der Waals surface area contributed by atoms with Crippen molar-refractivity contribution in [3.8, 4) is 0 Å². The van der Waals surface area contributed by atoms with Crippen LogP contribution < -0.4 is 11.1 Å². The number of carbonyl (C=O) groups excluding carboxylic acids is 1. The van der Waals surface area contributed by atoms with Crippen LogP contribution >= 0.6 is 11.8 Å². The molecular formula is C13H20N2OS. The van der Waals surface area contributed by atoms with E-state index in [1.54, 1.807) is 18.8 Å². The molecule has 1 aromatic carbocycles. The van der Waals surface area contributed by atoms with E-state index < -0.39 is 5.54 Å². The van der Waals surface area contributed by atoms with Crippen LogP contribution in [0.1, 0.15) is 18.9 Å². The highest BCUT2D eigenvalue weighted by Crippen LogP contribution is 2.24. The number of hydrogen-bond acceptors (Lipinski definition) is 3. The fraction of sp³-hybridized carbons (Fsp3) is 0.462. The molecule has 1 unspecified atom stereocenters. The summed E-state index contributed by atoms with van der Waals surface area (Å²) in [4.78, 5) is 12.6. The van der Waals surface area contributed by atoms with Gasteiger partial charge in [0.1, 0.15) is 0 Å². The van der Waals surface area contributed by atoms with Crippen LogP contribution in [0.5, 0.6) is 0 Å².